The van der Waals surface area contributed by atoms with Crippen LogP contribution in [0.4, 0.5) is 0 Å². The minimum atomic E-state index is -0.0686. The summed E-state index contributed by atoms with van der Waals surface area (Å²) >= 11 is 0. The summed E-state index contributed by atoms with van der Waals surface area (Å²) in [5.74, 6) is -0.0750. The number of carbonyl (C=O) groups excluding carboxylic acids is 2. The van der Waals surface area contributed by atoms with Gasteiger partial charge in [0.2, 0.25) is 0 Å². The number of carbonyl (C=O) groups is 2. The van der Waals surface area contributed by atoms with Crippen LogP contribution in [0, 0.1) is 10.8 Å². The van der Waals surface area contributed by atoms with Crippen LogP contribution >= 0.6 is 0 Å². The lowest BCUT2D eigenvalue weighted by atomic mass is 9.62. The molecule has 0 unspecified atom stereocenters. The molecule has 28 heavy (non-hydrogen) atoms. The zero-order valence-corrected chi connectivity index (χ0v) is 17.0. The molecule has 4 nitrogen and oxygen atoms in total. The van der Waals surface area contributed by atoms with Crippen LogP contribution in [0.3, 0.4) is 0 Å². The lowest BCUT2D eigenvalue weighted by Gasteiger charge is -2.47. The molecule has 0 bridgehead atoms. The van der Waals surface area contributed by atoms with Crippen molar-refractivity contribution < 1.29 is 9.59 Å². The molecule has 2 amide bonds. The highest BCUT2D eigenvalue weighted by Crippen LogP contribution is 2.45. The van der Waals surface area contributed by atoms with Crippen LogP contribution in [0.25, 0.3) is 0 Å². The van der Waals surface area contributed by atoms with E-state index in [0.717, 1.165) is 19.3 Å². The summed E-state index contributed by atoms with van der Waals surface area (Å²) < 4.78 is 0. The van der Waals surface area contributed by atoms with Gasteiger partial charge in [-0.3, -0.25) is 9.59 Å². The van der Waals surface area contributed by atoms with Crippen molar-refractivity contribution in [2.75, 3.05) is 6.54 Å². The molecule has 0 heterocycles. The molecule has 2 N–H and O–H groups in total. The van der Waals surface area contributed by atoms with Gasteiger partial charge in [0.25, 0.3) is 11.8 Å². The Morgan fingerprint density at radius 3 is 1.96 bits per heavy atom. The number of hydrogen-bond donors (Lipinski definition) is 2. The maximum Gasteiger partial charge on any atom is 0.251 e. The normalized spacial score (nSPS) is 23.6. The minimum Gasteiger partial charge on any atom is -0.351 e. The van der Waals surface area contributed by atoms with Gasteiger partial charge in [-0.15, -0.1) is 0 Å². The van der Waals surface area contributed by atoms with Crippen molar-refractivity contribution in [1.82, 2.24) is 10.6 Å². The molecule has 148 valence electrons. The van der Waals surface area contributed by atoms with Crippen LogP contribution in [-0.4, -0.2) is 24.4 Å². The van der Waals surface area contributed by atoms with Gasteiger partial charge in [0.15, 0.2) is 0 Å². The van der Waals surface area contributed by atoms with E-state index in [0.29, 0.717) is 17.7 Å². The Labute approximate surface area is 167 Å². The Bertz CT molecular complexity index is 817. The van der Waals surface area contributed by atoms with E-state index in [4.69, 9.17) is 0 Å². The van der Waals surface area contributed by atoms with Crippen LogP contribution in [0.5, 0.6) is 0 Å². The molecule has 3 rings (SSSR count). The second-order valence-corrected chi connectivity index (χ2v) is 9.15. The van der Waals surface area contributed by atoms with Gasteiger partial charge in [-0.1, -0.05) is 57.2 Å². The van der Waals surface area contributed by atoms with Crippen molar-refractivity contribution in [2.45, 2.75) is 46.1 Å². The quantitative estimate of drug-likeness (QED) is 0.808. The maximum atomic E-state index is 12.6. The van der Waals surface area contributed by atoms with Gasteiger partial charge >= 0.3 is 0 Å². The van der Waals surface area contributed by atoms with Crippen LogP contribution in [0.2, 0.25) is 0 Å². The first-order chi connectivity index (χ1) is 13.3. The lowest BCUT2D eigenvalue weighted by Crippen LogP contribution is -2.50. The summed E-state index contributed by atoms with van der Waals surface area (Å²) in [6.45, 7) is 7.29. The van der Waals surface area contributed by atoms with E-state index in [-0.39, 0.29) is 28.7 Å². The third kappa shape index (κ3) is 5.22. The topological polar surface area (TPSA) is 58.2 Å². The van der Waals surface area contributed by atoms with Gasteiger partial charge in [-0.2, -0.15) is 0 Å². The SMILES string of the molecule is CC1(C)C[C@@H](NC(=O)c2ccccc2)C[C@@](C)(CNC(=O)c2ccccc2)C1. The van der Waals surface area contributed by atoms with Gasteiger partial charge in [-0.25, -0.2) is 0 Å². The summed E-state index contributed by atoms with van der Waals surface area (Å²) in [7, 11) is 0. The standard InChI is InChI=1S/C24H30N2O2/c1-23(2)14-20(26-22(28)19-12-8-5-9-13-19)15-24(3,16-23)17-25-21(27)18-10-6-4-7-11-18/h4-13,20H,14-17H2,1-3H3,(H,25,27)(H,26,28)/t20-,24-/m1/s1. The summed E-state index contributed by atoms with van der Waals surface area (Å²) in [6, 6.07) is 18.7. The molecule has 0 aliphatic heterocycles. The summed E-state index contributed by atoms with van der Waals surface area (Å²) in [6.07, 6.45) is 2.80. The molecular weight excluding hydrogens is 348 g/mol. The van der Waals surface area contributed by atoms with E-state index < -0.39 is 0 Å². The third-order valence-electron chi connectivity index (χ3n) is 5.53. The van der Waals surface area contributed by atoms with E-state index in [2.05, 4.69) is 31.4 Å². The van der Waals surface area contributed by atoms with E-state index in [1.807, 2.05) is 60.7 Å². The van der Waals surface area contributed by atoms with E-state index in [1.54, 1.807) is 0 Å². The Hall–Kier alpha value is -2.62. The predicted molar refractivity (Wildman–Crippen MR) is 112 cm³/mol. The number of hydrogen-bond acceptors (Lipinski definition) is 2. The predicted octanol–water partition coefficient (Wildman–Crippen LogP) is 4.43. The van der Waals surface area contributed by atoms with E-state index >= 15 is 0 Å². The van der Waals surface area contributed by atoms with Crippen molar-refractivity contribution >= 4 is 11.8 Å². The van der Waals surface area contributed by atoms with Crippen LogP contribution in [0.15, 0.2) is 60.7 Å². The molecule has 1 aliphatic carbocycles. The smallest absolute Gasteiger partial charge is 0.251 e. The molecule has 2 atom stereocenters. The van der Waals surface area contributed by atoms with Gasteiger partial charge in [0.05, 0.1) is 0 Å². The fourth-order valence-electron chi connectivity index (χ4n) is 4.71. The average Bonchev–Trinajstić information content (AvgIpc) is 2.66. The third-order valence-corrected chi connectivity index (χ3v) is 5.53. The molecule has 4 heteroatoms. The number of rotatable bonds is 5. The first kappa shape index (κ1) is 20.1. The van der Waals surface area contributed by atoms with Crippen molar-refractivity contribution in [3.63, 3.8) is 0 Å². The molecule has 0 saturated heterocycles. The van der Waals surface area contributed by atoms with Gasteiger partial charge in [0, 0.05) is 23.7 Å². The molecular formula is C24H30N2O2. The second kappa shape index (κ2) is 8.17. The Morgan fingerprint density at radius 1 is 0.857 bits per heavy atom. The van der Waals surface area contributed by atoms with Crippen molar-refractivity contribution in [2.24, 2.45) is 10.8 Å². The molecule has 2 aromatic carbocycles. The molecule has 2 aromatic rings. The molecule has 1 fully saturated rings. The van der Waals surface area contributed by atoms with Crippen LogP contribution in [-0.2, 0) is 0 Å². The Kier molecular flexibility index (Phi) is 5.87. The first-order valence-corrected chi connectivity index (χ1v) is 9.96. The van der Waals surface area contributed by atoms with Gasteiger partial charge < -0.3 is 10.6 Å². The monoisotopic (exact) mass is 378 g/mol. The lowest BCUT2D eigenvalue weighted by molar-refractivity contribution is 0.0592. The molecule has 0 radical (unpaired) electrons. The van der Waals surface area contributed by atoms with Crippen molar-refractivity contribution in [1.29, 1.82) is 0 Å². The molecule has 0 spiro atoms. The summed E-state index contributed by atoms with van der Waals surface area (Å²) in [5.41, 5.74) is 1.39. The highest BCUT2D eigenvalue weighted by Gasteiger charge is 2.41. The number of amides is 2. The van der Waals surface area contributed by atoms with E-state index in [9.17, 15) is 9.59 Å². The van der Waals surface area contributed by atoms with Gasteiger partial charge in [-0.05, 0) is 54.4 Å². The Balaban J connectivity index is 1.65. The number of nitrogens with one attached hydrogen (secondary N) is 2. The fraction of sp³-hybridized carbons (Fsp3) is 0.417. The molecule has 1 saturated carbocycles. The fourth-order valence-corrected chi connectivity index (χ4v) is 4.71. The van der Waals surface area contributed by atoms with Crippen LogP contribution in [0.1, 0.15) is 60.7 Å². The Morgan fingerprint density at radius 2 is 1.39 bits per heavy atom. The largest absolute Gasteiger partial charge is 0.351 e. The first-order valence-electron chi connectivity index (χ1n) is 9.96. The number of benzene rings is 2. The molecule has 1 aliphatic rings. The van der Waals surface area contributed by atoms with Gasteiger partial charge in [0.1, 0.15) is 0 Å². The van der Waals surface area contributed by atoms with E-state index in [1.165, 1.54) is 0 Å². The highest BCUT2D eigenvalue weighted by molar-refractivity contribution is 5.94. The summed E-state index contributed by atoms with van der Waals surface area (Å²) in [4.78, 5) is 25.1. The van der Waals surface area contributed by atoms with Crippen LogP contribution < -0.4 is 10.6 Å². The zero-order valence-electron chi connectivity index (χ0n) is 17.0. The molecule has 0 aromatic heterocycles. The second-order valence-electron chi connectivity index (χ2n) is 9.15. The summed E-state index contributed by atoms with van der Waals surface area (Å²) in [5, 5.41) is 6.31. The average molecular weight is 379 g/mol. The van der Waals surface area contributed by atoms with Crippen molar-refractivity contribution in [3.8, 4) is 0 Å². The highest BCUT2D eigenvalue weighted by atomic mass is 16.2. The minimum absolute atomic E-state index is 0.0287. The zero-order chi connectivity index (χ0) is 20.2. The van der Waals surface area contributed by atoms with Crippen molar-refractivity contribution in [3.05, 3.63) is 71.8 Å². The maximum absolute atomic E-state index is 12.6.